The Morgan fingerprint density at radius 1 is 0.617 bits per heavy atom. The van der Waals surface area contributed by atoms with Crippen LogP contribution < -0.4 is 9.47 Å². The molecule has 6 aliphatic rings. The van der Waals surface area contributed by atoms with Gasteiger partial charge >= 0.3 is 13.2 Å². The van der Waals surface area contributed by atoms with Gasteiger partial charge in [0, 0.05) is 43.3 Å². The molecule has 2 N–H and O–H groups in total. The third kappa shape index (κ3) is 10.2. The molecule has 6 saturated carbocycles. The zero-order chi connectivity index (χ0) is 55.9. The van der Waals surface area contributed by atoms with E-state index in [0.717, 1.165) is 74.0 Å². The number of ether oxygens (including phenoxy) is 4. The summed E-state index contributed by atoms with van der Waals surface area (Å²) in [5, 5.41) is 33.5. The van der Waals surface area contributed by atoms with E-state index in [1.807, 2.05) is 6.07 Å². The van der Waals surface area contributed by atoms with E-state index in [-0.39, 0.29) is 89.1 Å². The SMILES string of the molecule is OC1(c2nc3c(F)cc(Br)cc3s2)[C@@H]2CC[C@H]1CC(OCc1c(-c3ccccc3OC(F)F)noc1C1CC1)C2.[C-]#[N+]c1cc(F)c2nc(C3(O)[C@@H]4CC[C@H]3CC(OCc3c(-c5ccccc5OC(F)F)noc3C3CC3)C4)sc2c1. The molecule has 14 rings (SSSR count). The molecule has 4 heterocycles. The van der Waals surface area contributed by atoms with Crippen LogP contribution in [0, 0.1) is 41.9 Å². The van der Waals surface area contributed by atoms with Gasteiger partial charge in [0.05, 0.1) is 36.7 Å². The van der Waals surface area contributed by atoms with Crippen molar-refractivity contribution in [1.29, 1.82) is 0 Å². The fourth-order valence-electron chi connectivity index (χ4n) is 13.1. The summed E-state index contributed by atoms with van der Waals surface area (Å²) in [6.07, 6.45) is 9.41. The lowest BCUT2D eigenvalue weighted by molar-refractivity contribution is -0.116. The number of fused-ring (bicyclic) bond motifs is 6. The summed E-state index contributed by atoms with van der Waals surface area (Å²) in [5.74, 6) is 0.685. The Hall–Kier alpha value is -5.93. The highest BCUT2D eigenvalue weighted by Gasteiger charge is 2.58. The molecule has 22 heteroatoms. The molecule has 4 aromatic carbocycles. The fourth-order valence-corrected chi connectivity index (χ4v) is 16.2. The number of hydrogen-bond donors (Lipinski definition) is 2. The first-order valence-electron chi connectivity index (χ1n) is 27.1. The van der Waals surface area contributed by atoms with E-state index in [1.54, 1.807) is 42.5 Å². The Morgan fingerprint density at radius 2 is 1.04 bits per heavy atom. The van der Waals surface area contributed by atoms with Crippen molar-refractivity contribution in [1.82, 2.24) is 20.3 Å². The van der Waals surface area contributed by atoms with Gasteiger partial charge in [-0.05, 0) is 149 Å². The number of thiazole rings is 2. The molecule has 4 aromatic heterocycles. The average Bonchev–Trinajstić information content (AvgIpc) is 3.74. The van der Waals surface area contributed by atoms with Crippen LogP contribution in [0.4, 0.5) is 32.0 Å². The highest BCUT2D eigenvalue weighted by atomic mass is 79.9. The minimum absolute atomic E-state index is 0.0240. The molecule has 422 valence electrons. The van der Waals surface area contributed by atoms with Gasteiger partial charge in [-0.25, -0.2) is 23.6 Å². The minimum Gasteiger partial charge on any atom is -0.434 e. The number of rotatable bonds is 16. The van der Waals surface area contributed by atoms with Crippen LogP contribution in [0.25, 0.3) is 47.8 Å². The summed E-state index contributed by atoms with van der Waals surface area (Å²) in [6, 6.07) is 19.1. The van der Waals surface area contributed by atoms with E-state index in [4.69, 9.17) is 34.6 Å². The van der Waals surface area contributed by atoms with Gasteiger partial charge in [0.2, 0.25) is 0 Å². The molecule has 8 aromatic rings. The summed E-state index contributed by atoms with van der Waals surface area (Å²) >= 11 is 5.94. The van der Waals surface area contributed by atoms with Crippen molar-refractivity contribution in [3.05, 3.63) is 133 Å². The molecule has 4 unspecified atom stereocenters. The second-order valence-corrected chi connectivity index (χ2v) is 25.1. The van der Waals surface area contributed by atoms with Crippen LogP contribution in [-0.2, 0) is 33.9 Å². The fraction of sp³-hybridized carbons (Fsp3) is 0.441. The van der Waals surface area contributed by atoms with Gasteiger partial charge in [0.1, 0.15) is 72.5 Å². The number of aromatic nitrogens is 4. The molecule has 0 amide bonds. The van der Waals surface area contributed by atoms with E-state index in [0.29, 0.717) is 72.1 Å². The third-order valence-electron chi connectivity index (χ3n) is 17.2. The smallest absolute Gasteiger partial charge is 0.387 e. The Kier molecular flexibility index (Phi) is 14.5. The number of benzene rings is 4. The average molecular weight is 1220 g/mol. The summed E-state index contributed by atoms with van der Waals surface area (Å²) in [5.41, 5.74) is 1.64. The molecule has 0 aliphatic heterocycles. The number of halogens is 7. The van der Waals surface area contributed by atoms with Crippen molar-refractivity contribution in [3.8, 4) is 34.0 Å². The highest BCUT2D eigenvalue weighted by Crippen LogP contribution is 2.59. The quantitative estimate of drug-likeness (QED) is 0.0697. The molecule has 6 aliphatic carbocycles. The number of alkyl halides is 4. The van der Waals surface area contributed by atoms with Gasteiger partial charge in [-0.1, -0.05) is 50.5 Å². The lowest BCUT2D eigenvalue weighted by Gasteiger charge is -2.41. The van der Waals surface area contributed by atoms with E-state index in [1.165, 1.54) is 46.9 Å². The molecule has 6 fully saturated rings. The van der Waals surface area contributed by atoms with Crippen molar-refractivity contribution in [2.45, 2.75) is 139 Å². The molecule has 81 heavy (non-hydrogen) atoms. The second kappa shape index (κ2) is 21.7. The molecule has 8 atom stereocenters. The Labute approximate surface area is 476 Å². The number of hydrogen-bond acceptors (Lipinski definition) is 14. The van der Waals surface area contributed by atoms with Crippen molar-refractivity contribution < 1.29 is 64.5 Å². The lowest BCUT2D eigenvalue weighted by Crippen LogP contribution is -2.44. The number of para-hydroxylation sites is 2. The number of nitrogens with zero attached hydrogens (tertiary/aromatic N) is 5. The van der Waals surface area contributed by atoms with Crippen molar-refractivity contribution in [3.63, 3.8) is 0 Å². The Balaban J connectivity index is 0.000000153. The zero-order valence-electron chi connectivity index (χ0n) is 43.1. The van der Waals surface area contributed by atoms with Crippen LogP contribution in [0.15, 0.2) is 86.3 Å². The van der Waals surface area contributed by atoms with Gasteiger partial charge in [-0.2, -0.15) is 17.6 Å². The summed E-state index contributed by atoms with van der Waals surface area (Å²) in [7, 11) is 0. The predicted octanol–water partition coefficient (Wildman–Crippen LogP) is 15.6. The monoisotopic (exact) mass is 1220 g/mol. The lowest BCUT2D eigenvalue weighted by atomic mass is 9.73. The largest absolute Gasteiger partial charge is 0.434 e. The van der Waals surface area contributed by atoms with Gasteiger partial charge < -0.3 is 38.2 Å². The van der Waals surface area contributed by atoms with Crippen molar-refractivity contribution >= 4 is 64.7 Å². The normalized spacial score (nSPS) is 25.9. The topological polar surface area (TPSA) is 160 Å². The number of aliphatic hydroxyl groups is 2. The van der Waals surface area contributed by atoms with Crippen LogP contribution >= 0.6 is 38.6 Å². The summed E-state index contributed by atoms with van der Waals surface area (Å²) in [4.78, 5) is 12.4. The van der Waals surface area contributed by atoms with E-state index < -0.39 is 36.1 Å². The van der Waals surface area contributed by atoms with Crippen LogP contribution in [0.3, 0.4) is 0 Å². The van der Waals surface area contributed by atoms with Crippen molar-refractivity contribution in [2.24, 2.45) is 23.7 Å². The minimum atomic E-state index is -2.97. The van der Waals surface area contributed by atoms with Gasteiger partial charge in [-0.3, -0.25) is 0 Å². The highest BCUT2D eigenvalue weighted by molar-refractivity contribution is 9.10. The summed E-state index contributed by atoms with van der Waals surface area (Å²) < 4.78 is 117. The molecule has 13 nitrogen and oxygen atoms in total. The Morgan fingerprint density at radius 3 is 1.46 bits per heavy atom. The molecular weight excluding hydrogens is 1160 g/mol. The van der Waals surface area contributed by atoms with Crippen LogP contribution in [-0.4, -0.2) is 55.9 Å². The maximum Gasteiger partial charge on any atom is 0.387 e. The van der Waals surface area contributed by atoms with E-state index in [2.05, 4.69) is 41.1 Å². The maximum atomic E-state index is 14.6. The van der Waals surface area contributed by atoms with Gasteiger partial charge in [-0.15, -0.1) is 22.7 Å². The third-order valence-corrected chi connectivity index (χ3v) is 20.0. The molecule has 4 bridgehead atoms. The van der Waals surface area contributed by atoms with Crippen molar-refractivity contribution in [2.75, 3.05) is 0 Å². The first-order chi connectivity index (χ1) is 39.2. The molecular formula is C59H52BrF6N5O8S2. The summed E-state index contributed by atoms with van der Waals surface area (Å²) in [6.45, 7) is 1.71. The molecule has 0 saturated heterocycles. The van der Waals surface area contributed by atoms with E-state index in [9.17, 15) is 36.6 Å². The van der Waals surface area contributed by atoms with Crippen LogP contribution in [0.5, 0.6) is 11.5 Å². The van der Waals surface area contributed by atoms with Gasteiger partial charge in [0.15, 0.2) is 11.5 Å². The molecule has 0 radical (unpaired) electrons. The molecule has 0 spiro atoms. The first-order valence-corrected chi connectivity index (χ1v) is 29.6. The van der Waals surface area contributed by atoms with Crippen LogP contribution in [0.2, 0.25) is 0 Å². The van der Waals surface area contributed by atoms with Crippen LogP contribution in [0.1, 0.15) is 122 Å². The van der Waals surface area contributed by atoms with Gasteiger partial charge in [0.25, 0.3) is 0 Å². The second-order valence-electron chi connectivity index (χ2n) is 22.1. The maximum absolute atomic E-state index is 14.6. The standard InChI is InChI=1S/C30H26F3N3O4S.C29H26BrF3N2O4S/c1-34-18-12-22(31)26-24(13-18)41-28(35-26)30(37)16-8-9-17(30)11-19(10-16)38-14-21-25(36-40-27(21)15-6-7-15)20-4-2-3-5-23(20)39-29(32)33;30-17-11-21(31)25-23(12-17)40-27(34-25)29(36)15-7-8-16(29)10-18(9-15)37-13-20-24(35-39-26(20)14-5-6-14)19-3-1-2-4-22(19)38-28(32)33/h2-5,12-13,15-17,19,29,37H,6-11,14H2;1-4,11-12,14-16,18,28,36H,5-10,13H2/t16-,17+,19?,30?;15-,16+,18?,29?. The predicted molar refractivity (Wildman–Crippen MR) is 290 cm³/mol. The first kappa shape index (κ1) is 54.3. The zero-order valence-corrected chi connectivity index (χ0v) is 46.4. The van der Waals surface area contributed by atoms with E-state index >= 15 is 0 Å². The Bertz CT molecular complexity index is 3680.